The number of amides is 2. The van der Waals surface area contributed by atoms with Crippen LogP contribution in [-0.2, 0) is 7.05 Å². The van der Waals surface area contributed by atoms with Crippen LogP contribution in [0.1, 0.15) is 26.7 Å². The third-order valence-electron chi connectivity index (χ3n) is 4.61. The largest absolute Gasteiger partial charge is 0.352 e. The van der Waals surface area contributed by atoms with Crippen molar-refractivity contribution in [2.75, 3.05) is 37.6 Å². The smallest absolute Gasteiger partial charge is 0.317 e. The fourth-order valence-corrected chi connectivity index (χ4v) is 3.14. The highest BCUT2D eigenvalue weighted by Gasteiger charge is 2.23. The zero-order valence-electron chi connectivity index (χ0n) is 15.3. The Morgan fingerprint density at radius 2 is 2.00 bits per heavy atom. The predicted molar refractivity (Wildman–Crippen MR) is 97.6 cm³/mol. The molecule has 25 heavy (non-hydrogen) atoms. The van der Waals surface area contributed by atoms with Gasteiger partial charge in [0.15, 0.2) is 5.65 Å². The molecule has 2 aromatic heterocycles. The van der Waals surface area contributed by atoms with Gasteiger partial charge in [-0.05, 0) is 18.8 Å². The van der Waals surface area contributed by atoms with Gasteiger partial charge in [-0.25, -0.2) is 14.8 Å². The lowest BCUT2D eigenvalue weighted by molar-refractivity contribution is 0.194. The standard InChI is InChI=1S/C17H27N7O/c1-13(2)5-4-6-18-17(25)24-9-7-23(8-10-24)16-14-11-21-22(3)15(14)19-12-20-16/h11-13H,4-10H2,1-3H3,(H,18,25). The van der Waals surface area contributed by atoms with Crippen molar-refractivity contribution >= 4 is 22.9 Å². The van der Waals surface area contributed by atoms with Crippen molar-refractivity contribution in [3.05, 3.63) is 12.5 Å². The van der Waals surface area contributed by atoms with Crippen molar-refractivity contribution in [2.45, 2.75) is 26.7 Å². The molecule has 0 atom stereocenters. The van der Waals surface area contributed by atoms with Gasteiger partial charge in [-0.15, -0.1) is 0 Å². The van der Waals surface area contributed by atoms with E-state index in [9.17, 15) is 4.79 Å². The van der Waals surface area contributed by atoms with Crippen LogP contribution in [0, 0.1) is 5.92 Å². The molecule has 8 heteroatoms. The van der Waals surface area contributed by atoms with Gasteiger partial charge in [0.25, 0.3) is 0 Å². The molecule has 2 amide bonds. The molecule has 8 nitrogen and oxygen atoms in total. The molecule has 3 heterocycles. The molecule has 0 radical (unpaired) electrons. The van der Waals surface area contributed by atoms with E-state index in [-0.39, 0.29) is 6.03 Å². The molecule has 136 valence electrons. The Kier molecular flexibility index (Phi) is 5.35. The molecule has 0 aromatic carbocycles. The Bertz CT molecular complexity index is 719. The monoisotopic (exact) mass is 345 g/mol. The minimum absolute atomic E-state index is 0.0395. The van der Waals surface area contributed by atoms with Gasteiger partial charge in [-0.1, -0.05) is 13.8 Å². The summed E-state index contributed by atoms with van der Waals surface area (Å²) in [4.78, 5) is 25.1. The zero-order chi connectivity index (χ0) is 17.8. The number of aromatic nitrogens is 4. The Labute approximate surface area is 148 Å². The van der Waals surface area contributed by atoms with Crippen LogP contribution in [0.15, 0.2) is 12.5 Å². The molecular formula is C17H27N7O. The molecule has 0 unspecified atom stereocenters. The first-order chi connectivity index (χ1) is 12.1. The minimum atomic E-state index is 0.0395. The molecule has 0 bridgehead atoms. The molecule has 1 N–H and O–H groups in total. The number of urea groups is 1. The van der Waals surface area contributed by atoms with Crippen LogP contribution in [0.3, 0.4) is 0 Å². The molecule has 0 aliphatic carbocycles. The maximum absolute atomic E-state index is 12.3. The Morgan fingerprint density at radius 3 is 2.72 bits per heavy atom. The minimum Gasteiger partial charge on any atom is -0.352 e. The quantitative estimate of drug-likeness (QED) is 0.833. The first-order valence-corrected chi connectivity index (χ1v) is 8.96. The molecule has 3 rings (SSSR count). The van der Waals surface area contributed by atoms with Crippen molar-refractivity contribution < 1.29 is 4.79 Å². The molecule has 1 aliphatic heterocycles. The maximum atomic E-state index is 12.3. The molecule has 0 spiro atoms. The van der Waals surface area contributed by atoms with E-state index in [1.807, 2.05) is 11.9 Å². The Morgan fingerprint density at radius 1 is 1.24 bits per heavy atom. The van der Waals surface area contributed by atoms with Crippen LogP contribution in [0.4, 0.5) is 10.6 Å². The number of hydrogen-bond donors (Lipinski definition) is 1. The predicted octanol–water partition coefficient (Wildman–Crippen LogP) is 1.63. The summed E-state index contributed by atoms with van der Waals surface area (Å²) >= 11 is 0. The van der Waals surface area contributed by atoms with E-state index in [1.165, 1.54) is 0 Å². The number of carbonyl (C=O) groups is 1. The molecule has 2 aromatic rings. The fourth-order valence-electron chi connectivity index (χ4n) is 3.14. The summed E-state index contributed by atoms with van der Waals surface area (Å²) in [6.07, 6.45) is 5.55. The third-order valence-corrected chi connectivity index (χ3v) is 4.61. The second kappa shape index (κ2) is 7.67. The number of nitrogens with one attached hydrogen (secondary N) is 1. The van der Waals surface area contributed by atoms with Gasteiger partial charge < -0.3 is 15.1 Å². The van der Waals surface area contributed by atoms with Crippen molar-refractivity contribution in [1.29, 1.82) is 0 Å². The number of carbonyl (C=O) groups excluding carboxylic acids is 1. The summed E-state index contributed by atoms with van der Waals surface area (Å²) in [5, 5.41) is 8.24. The van der Waals surface area contributed by atoms with Gasteiger partial charge in [0.1, 0.15) is 12.1 Å². The first-order valence-electron chi connectivity index (χ1n) is 8.96. The van der Waals surface area contributed by atoms with Gasteiger partial charge in [-0.3, -0.25) is 4.68 Å². The zero-order valence-corrected chi connectivity index (χ0v) is 15.3. The van der Waals surface area contributed by atoms with Crippen molar-refractivity contribution in [3.63, 3.8) is 0 Å². The van der Waals surface area contributed by atoms with E-state index >= 15 is 0 Å². The van der Waals surface area contributed by atoms with Crippen LogP contribution in [0.25, 0.3) is 11.0 Å². The van der Waals surface area contributed by atoms with Crippen LogP contribution >= 0.6 is 0 Å². The summed E-state index contributed by atoms with van der Waals surface area (Å²) in [6.45, 7) is 8.07. The van der Waals surface area contributed by atoms with E-state index in [1.54, 1.807) is 17.2 Å². The van der Waals surface area contributed by atoms with Crippen molar-refractivity contribution in [3.8, 4) is 0 Å². The van der Waals surface area contributed by atoms with Gasteiger partial charge in [0.2, 0.25) is 0 Å². The van der Waals surface area contributed by atoms with E-state index < -0.39 is 0 Å². The summed E-state index contributed by atoms with van der Waals surface area (Å²) < 4.78 is 1.75. The highest BCUT2D eigenvalue weighted by atomic mass is 16.2. The van der Waals surface area contributed by atoms with Crippen LogP contribution < -0.4 is 10.2 Å². The highest BCUT2D eigenvalue weighted by molar-refractivity contribution is 5.86. The van der Waals surface area contributed by atoms with E-state index in [0.29, 0.717) is 19.0 Å². The van der Waals surface area contributed by atoms with Gasteiger partial charge in [0.05, 0.1) is 11.6 Å². The second-order valence-corrected chi connectivity index (χ2v) is 6.94. The van der Waals surface area contributed by atoms with Gasteiger partial charge in [0, 0.05) is 39.8 Å². The number of nitrogens with zero attached hydrogens (tertiary/aromatic N) is 6. The lowest BCUT2D eigenvalue weighted by Gasteiger charge is -2.35. The topological polar surface area (TPSA) is 79.2 Å². The summed E-state index contributed by atoms with van der Waals surface area (Å²) in [5.74, 6) is 1.58. The number of hydrogen-bond acceptors (Lipinski definition) is 5. The lowest BCUT2D eigenvalue weighted by atomic mass is 10.1. The number of rotatable bonds is 5. The highest BCUT2D eigenvalue weighted by Crippen LogP contribution is 2.23. The average molecular weight is 345 g/mol. The lowest BCUT2D eigenvalue weighted by Crippen LogP contribution is -2.52. The van der Waals surface area contributed by atoms with E-state index in [0.717, 1.165) is 49.3 Å². The van der Waals surface area contributed by atoms with Crippen molar-refractivity contribution in [1.82, 2.24) is 30.0 Å². The molecular weight excluding hydrogens is 318 g/mol. The third kappa shape index (κ3) is 4.00. The Balaban J connectivity index is 1.54. The molecule has 0 saturated carbocycles. The summed E-state index contributed by atoms with van der Waals surface area (Å²) in [6, 6.07) is 0.0395. The average Bonchev–Trinajstić information content (AvgIpc) is 3.00. The number of fused-ring (bicyclic) bond motifs is 1. The van der Waals surface area contributed by atoms with E-state index in [2.05, 4.69) is 39.1 Å². The second-order valence-electron chi connectivity index (χ2n) is 6.94. The summed E-state index contributed by atoms with van der Waals surface area (Å²) in [5.41, 5.74) is 0.829. The first kappa shape index (κ1) is 17.4. The Hall–Kier alpha value is -2.38. The fraction of sp³-hybridized carbons (Fsp3) is 0.647. The summed E-state index contributed by atoms with van der Waals surface area (Å²) in [7, 11) is 1.88. The molecule has 1 saturated heterocycles. The number of anilines is 1. The van der Waals surface area contributed by atoms with Gasteiger partial charge >= 0.3 is 6.03 Å². The maximum Gasteiger partial charge on any atom is 0.317 e. The van der Waals surface area contributed by atoms with Crippen LogP contribution in [0.5, 0.6) is 0 Å². The van der Waals surface area contributed by atoms with Gasteiger partial charge in [-0.2, -0.15) is 5.10 Å². The van der Waals surface area contributed by atoms with E-state index in [4.69, 9.17) is 0 Å². The SMILES string of the molecule is CC(C)CCCNC(=O)N1CCN(c2ncnc3c2cnn3C)CC1. The molecule has 1 aliphatic rings. The number of aryl methyl sites for hydroxylation is 1. The normalized spacial score (nSPS) is 15.2. The van der Waals surface area contributed by atoms with Crippen LogP contribution in [-0.4, -0.2) is 63.4 Å². The number of piperazine rings is 1. The molecule has 1 fully saturated rings. The van der Waals surface area contributed by atoms with Crippen molar-refractivity contribution in [2.24, 2.45) is 13.0 Å². The van der Waals surface area contributed by atoms with Crippen LogP contribution in [0.2, 0.25) is 0 Å².